The molecular formula is C11H22N2O2. The molecule has 0 aromatic carbocycles. The van der Waals surface area contributed by atoms with Crippen LogP contribution in [0, 0.1) is 5.41 Å². The van der Waals surface area contributed by atoms with Gasteiger partial charge in [-0.3, -0.25) is 0 Å². The van der Waals surface area contributed by atoms with E-state index in [2.05, 4.69) is 5.32 Å². The predicted octanol–water partition coefficient (Wildman–Crippen LogP) is 1.46. The number of ether oxygens (including phenoxy) is 1. The number of carbonyl (C=O) groups excluding carboxylic acids is 1. The van der Waals surface area contributed by atoms with E-state index in [1.54, 1.807) is 12.0 Å². The molecular weight excluding hydrogens is 192 g/mol. The second kappa shape index (κ2) is 5.35. The molecule has 1 aliphatic carbocycles. The molecule has 1 N–H and O–H groups in total. The summed E-state index contributed by atoms with van der Waals surface area (Å²) in [7, 11) is 3.53. The van der Waals surface area contributed by atoms with Gasteiger partial charge in [-0.2, -0.15) is 0 Å². The summed E-state index contributed by atoms with van der Waals surface area (Å²) in [5.74, 6) is 0. The van der Waals surface area contributed by atoms with Crippen molar-refractivity contribution in [1.29, 1.82) is 0 Å². The van der Waals surface area contributed by atoms with Crippen LogP contribution in [0.1, 0.15) is 26.2 Å². The van der Waals surface area contributed by atoms with Crippen LogP contribution in [0.5, 0.6) is 0 Å². The van der Waals surface area contributed by atoms with Crippen LogP contribution in [0.2, 0.25) is 0 Å². The zero-order chi connectivity index (χ0) is 11.3. The van der Waals surface area contributed by atoms with Gasteiger partial charge in [-0.15, -0.1) is 0 Å². The molecule has 0 spiro atoms. The summed E-state index contributed by atoms with van der Waals surface area (Å²) < 4.78 is 5.07. The lowest BCUT2D eigenvalue weighted by Gasteiger charge is -2.19. The normalized spacial score (nSPS) is 17.3. The lowest BCUT2D eigenvalue weighted by molar-refractivity contribution is 0.169. The Balaban J connectivity index is 2.21. The second-order valence-electron chi connectivity index (χ2n) is 4.42. The highest BCUT2D eigenvalue weighted by molar-refractivity contribution is 5.73. The predicted molar refractivity (Wildman–Crippen MR) is 59.9 cm³/mol. The molecule has 1 rings (SSSR count). The Hall–Kier alpha value is -0.770. The average molecular weight is 214 g/mol. The summed E-state index contributed by atoms with van der Waals surface area (Å²) in [5, 5.41) is 2.98. The third kappa shape index (κ3) is 3.70. The van der Waals surface area contributed by atoms with Crippen LogP contribution >= 0.6 is 0 Å². The van der Waals surface area contributed by atoms with Crippen molar-refractivity contribution in [1.82, 2.24) is 10.2 Å². The Bertz CT molecular complexity index is 215. The Labute approximate surface area is 92.0 Å². The molecule has 0 bridgehead atoms. The molecule has 0 aliphatic heterocycles. The summed E-state index contributed by atoms with van der Waals surface area (Å²) in [4.78, 5) is 13.2. The first kappa shape index (κ1) is 12.3. The fraction of sp³-hybridized carbons (Fsp3) is 0.909. The number of rotatable bonds is 6. The van der Waals surface area contributed by atoms with Crippen LogP contribution in [0.3, 0.4) is 0 Å². The molecule has 0 heterocycles. The van der Waals surface area contributed by atoms with Crippen molar-refractivity contribution in [2.45, 2.75) is 26.2 Å². The zero-order valence-corrected chi connectivity index (χ0v) is 10.0. The number of hydrogen-bond acceptors (Lipinski definition) is 2. The largest absolute Gasteiger partial charge is 0.385 e. The molecule has 15 heavy (non-hydrogen) atoms. The molecule has 88 valence electrons. The van der Waals surface area contributed by atoms with Crippen LogP contribution in [0.4, 0.5) is 4.79 Å². The summed E-state index contributed by atoms with van der Waals surface area (Å²) in [5.41, 5.74) is 0.334. The number of methoxy groups -OCH3 is 1. The first-order valence-corrected chi connectivity index (χ1v) is 5.61. The quantitative estimate of drug-likeness (QED) is 0.727. The monoisotopic (exact) mass is 214 g/mol. The number of hydrogen-bond donors (Lipinski definition) is 1. The molecule has 0 unspecified atom stereocenters. The molecule has 1 aliphatic rings. The molecule has 4 heteroatoms. The molecule has 1 fully saturated rings. The highest BCUT2D eigenvalue weighted by Gasteiger charge is 2.42. The third-order valence-corrected chi connectivity index (χ3v) is 3.23. The van der Waals surface area contributed by atoms with Gasteiger partial charge in [-0.25, -0.2) is 4.79 Å². The fourth-order valence-corrected chi connectivity index (χ4v) is 1.55. The van der Waals surface area contributed by atoms with E-state index >= 15 is 0 Å². The zero-order valence-electron chi connectivity index (χ0n) is 10.0. The minimum Gasteiger partial charge on any atom is -0.385 e. The van der Waals surface area contributed by atoms with E-state index in [1.807, 2.05) is 14.0 Å². The minimum absolute atomic E-state index is 0.0289. The summed E-state index contributed by atoms with van der Waals surface area (Å²) in [6.07, 6.45) is 3.48. The third-order valence-electron chi connectivity index (χ3n) is 3.23. The van der Waals surface area contributed by atoms with E-state index in [0.29, 0.717) is 5.41 Å². The van der Waals surface area contributed by atoms with Gasteiger partial charge in [0.1, 0.15) is 0 Å². The van der Waals surface area contributed by atoms with Gasteiger partial charge in [0.25, 0.3) is 0 Å². The smallest absolute Gasteiger partial charge is 0.317 e. The van der Waals surface area contributed by atoms with Gasteiger partial charge in [0, 0.05) is 33.9 Å². The Morgan fingerprint density at radius 1 is 1.53 bits per heavy atom. The minimum atomic E-state index is 0.0289. The fourth-order valence-electron chi connectivity index (χ4n) is 1.55. The highest BCUT2D eigenvalue weighted by atomic mass is 16.5. The maximum atomic E-state index is 11.5. The summed E-state index contributed by atoms with van der Waals surface area (Å²) >= 11 is 0. The standard InChI is InChI=1S/C11H22N2O2/c1-4-13(2)10(14)12-9-11(5-6-11)7-8-15-3/h4-9H2,1-3H3,(H,12,14). The number of nitrogens with zero attached hydrogens (tertiary/aromatic N) is 1. The van der Waals surface area contributed by atoms with E-state index in [-0.39, 0.29) is 6.03 Å². The van der Waals surface area contributed by atoms with Crippen LogP contribution in [-0.4, -0.2) is 44.8 Å². The molecule has 0 atom stereocenters. The summed E-state index contributed by atoms with van der Waals surface area (Å²) in [6, 6.07) is 0.0289. The van der Waals surface area contributed by atoms with Gasteiger partial charge in [0.2, 0.25) is 0 Å². The van der Waals surface area contributed by atoms with Crippen molar-refractivity contribution < 1.29 is 9.53 Å². The van der Waals surface area contributed by atoms with E-state index in [1.165, 1.54) is 12.8 Å². The molecule has 0 saturated heterocycles. The highest BCUT2D eigenvalue weighted by Crippen LogP contribution is 2.48. The van der Waals surface area contributed by atoms with Crippen molar-refractivity contribution >= 4 is 6.03 Å². The van der Waals surface area contributed by atoms with Crippen LogP contribution in [0.15, 0.2) is 0 Å². The lowest BCUT2D eigenvalue weighted by atomic mass is 10.0. The average Bonchev–Trinajstić information content (AvgIpc) is 3.03. The SMILES string of the molecule is CCN(C)C(=O)NCC1(CCOC)CC1. The van der Waals surface area contributed by atoms with E-state index in [4.69, 9.17) is 4.74 Å². The van der Waals surface area contributed by atoms with Crippen molar-refractivity contribution in [3.8, 4) is 0 Å². The lowest BCUT2D eigenvalue weighted by Crippen LogP contribution is -2.40. The molecule has 0 aromatic heterocycles. The molecule has 0 aromatic rings. The van der Waals surface area contributed by atoms with Crippen molar-refractivity contribution in [3.63, 3.8) is 0 Å². The van der Waals surface area contributed by atoms with Gasteiger partial charge in [-0.1, -0.05) is 0 Å². The van der Waals surface area contributed by atoms with E-state index in [9.17, 15) is 4.79 Å². The first-order valence-electron chi connectivity index (χ1n) is 5.61. The number of urea groups is 1. The number of amides is 2. The van der Waals surface area contributed by atoms with Crippen LogP contribution in [-0.2, 0) is 4.74 Å². The van der Waals surface area contributed by atoms with Gasteiger partial charge < -0.3 is 15.0 Å². The Morgan fingerprint density at radius 2 is 2.20 bits per heavy atom. The maximum Gasteiger partial charge on any atom is 0.317 e. The molecule has 0 radical (unpaired) electrons. The summed E-state index contributed by atoms with van der Waals surface area (Å²) in [6.45, 7) is 4.30. The van der Waals surface area contributed by atoms with Gasteiger partial charge in [0.15, 0.2) is 0 Å². The molecule has 4 nitrogen and oxygen atoms in total. The molecule has 1 saturated carbocycles. The molecule has 2 amide bonds. The first-order chi connectivity index (χ1) is 7.13. The van der Waals surface area contributed by atoms with Crippen LogP contribution < -0.4 is 5.32 Å². The second-order valence-corrected chi connectivity index (χ2v) is 4.42. The van der Waals surface area contributed by atoms with Crippen LogP contribution in [0.25, 0.3) is 0 Å². The Morgan fingerprint density at radius 3 is 2.67 bits per heavy atom. The maximum absolute atomic E-state index is 11.5. The number of carbonyl (C=O) groups is 1. The van der Waals surface area contributed by atoms with Gasteiger partial charge in [-0.05, 0) is 31.6 Å². The Kier molecular flexibility index (Phi) is 4.39. The van der Waals surface area contributed by atoms with Crippen molar-refractivity contribution in [3.05, 3.63) is 0 Å². The van der Waals surface area contributed by atoms with Crippen molar-refractivity contribution in [2.24, 2.45) is 5.41 Å². The topological polar surface area (TPSA) is 41.6 Å². The van der Waals surface area contributed by atoms with E-state index in [0.717, 1.165) is 26.1 Å². The number of nitrogens with one attached hydrogen (secondary N) is 1. The van der Waals surface area contributed by atoms with Crippen molar-refractivity contribution in [2.75, 3.05) is 33.9 Å². The van der Waals surface area contributed by atoms with Gasteiger partial charge in [0.05, 0.1) is 0 Å². The van der Waals surface area contributed by atoms with Gasteiger partial charge >= 0.3 is 6.03 Å². The van der Waals surface area contributed by atoms with E-state index < -0.39 is 0 Å².